The molecule has 1 saturated heterocycles. The molecule has 0 aromatic carbocycles. The summed E-state index contributed by atoms with van der Waals surface area (Å²) in [6, 6.07) is 0.703. The monoisotopic (exact) mass is 295 g/mol. The number of carbonyl (C=O) groups is 2. The third-order valence-electron chi connectivity index (χ3n) is 4.45. The third-order valence-corrected chi connectivity index (χ3v) is 4.45. The van der Waals surface area contributed by atoms with Crippen molar-refractivity contribution in [2.24, 2.45) is 0 Å². The lowest BCUT2D eigenvalue weighted by molar-refractivity contribution is -0.140. The average Bonchev–Trinajstić information content (AvgIpc) is 3.13. The zero-order valence-electron chi connectivity index (χ0n) is 12.5. The van der Waals surface area contributed by atoms with Crippen LogP contribution in [0.5, 0.6) is 0 Å². The maximum atomic E-state index is 12.0. The van der Waals surface area contributed by atoms with E-state index in [0.717, 1.165) is 25.7 Å². The van der Waals surface area contributed by atoms with Gasteiger partial charge in [0, 0.05) is 25.2 Å². The summed E-state index contributed by atoms with van der Waals surface area (Å²) in [5.74, 6) is 0.0450. The minimum Gasteiger partial charge on any atom is -0.366 e. The first-order chi connectivity index (χ1) is 10.2. The summed E-state index contributed by atoms with van der Waals surface area (Å²) in [5.41, 5.74) is 0. The van der Waals surface area contributed by atoms with Gasteiger partial charge in [0.05, 0.1) is 13.2 Å². The summed E-state index contributed by atoms with van der Waals surface area (Å²) >= 11 is 0. The Morgan fingerprint density at radius 3 is 2.48 bits per heavy atom. The van der Waals surface area contributed by atoms with Gasteiger partial charge in [-0.25, -0.2) is 0 Å². The Labute approximate surface area is 125 Å². The molecule has 3 aliphatic rings. The fourth-order valence-corrected chi connectivity index (χ4v) is 3.07. The second kappa shape index (κ2) is 6.75. The molecule has 2 N–H and O–H groups in total. The molecule has 1 unspecified atom stereocenters. The molecule has 21 heavy (non-hydrogen) atoms. The van der Waals surface area contributed by atoms with Crippen LogP contribution in [0, 0.1) is 0 Å². The van der Waals surface area contributed by atoms with Crippen molar-refractivity contribution in [1.82, 2.24) is 15.5 Å². The van der Waals surface area contributed by atoms with E-state index in [1.54, 1.807) is 0 Å². The lowest BCUT2D eigenvalue weighted by Gasteiger charge is -2.31. The first-order valence-electron chi connectivity index (χ1n) is 8.14. The molecular formula is C15H25N3O3. The largest absolute Gasteiger partial charge is 0.366 e. The van der Waals surface area contributed by atoms with E-state index in [1.807, 2.05) is 4.90 Å². The Kier molecular flexibility index (Phi) is 4.75. The average molecular weight is 295 g/mol. The fourth-order valence-electron chi connectivity index (χ4n) is 3.07. The highest BCUT2D eigenvalue weighted by Gasteiger charge is 2.31. The molecular weight excluding hydrogens is 270 g/mol. The van der Waals surface area contributed by atoms with Gasteiger partial charge in [-0.15, -0.1) is 0 Å². The highest BCUT2D eigenvalue weighted by Crippen LogP contribution is 2.19. The van der Waals surface area contributed by atoms with Gasteiger partial charge in [-0.3, -0.25) is 14.5 Å². The van der Waals surface area contributed by atoms with Crippen molar-refractivity contribution in [2.45, 2.75) is 56.7 Å². The van der Waals surface area contributed by atoms with Crippen LogP contribution in [-0.2, 0) is 14.3 Å². The number of hydrogen-bond acceptors (Lipinski definition) is 4. The topological polar surface area (TPSA) is 70.7 Å². The Bertz CT molecular complexity index is 392. The van der Waals surface area contributed by atoms with Crippen LogP contribution < -0.4 is 10.6 Å². The van der Waals surface area contributed by atoms with Gasteiger partial charge in [0.15, 0.2) is 0 Å². The van der Waals surface area contributed by atoms with E-state index in [4.69, 9.17) is 4.74 Å². The lowest BCUT2D eigenvalue weighted by Crippen LogP contribution is -2.52. The number of carbonyl (C=O) groups excluding carboxylic acids is 2. The predicted octanol–water partition coefficient (Wildman–Crippen LogP) is 0.0246. The predicted molar refractivity (Wildman–Crippen MR) is 77.7 cm³/mol. The Hall–Kier alpha value is -1.14. The molecule has 1 heterocycles. The maximum Gasteiger partial charge on any atom is 0.250 e. The molecule has 1 aliphatic heterocycles. The van der Waals surface area contributed by atoms with Gasteiger partial charge in [0.2, 0.25) is 5.91 Å². The lowest BCUT2D eigenvalue weighted by atomic mass is 10.2. The number of ether oxygens (including phenoxy) is 1. The van der Waals surface area contributed by atoms with Crippen LogP contribution in [0.25, 0.3) is 0 Å². The fraction of sp³-hybridized carbons (Fsp3) is 0.867. The minimum absolute atomic E-state index is 0.0293. The molecule has 0 aromatic rings. The molecule has 118 valence electrons. The molecule has 0 bridgehead atoms. The van der Waals surface area contributed by atoms with Gasteiger partial charge in [-0.1, -0.05) is 12.8 Å². The molecule has 6 nitrogen and oxygen atoms in total. The van der Waals surface area contributed by atoms with Crippen LogP contribution in [0.1, 0.15) is 38.5 Å². The summed E-state index contributed by atoms with van der Waals surface area (Å²) < 4.78 is 5.53. The van der Waals surface area contributed by atoms with E-state index in [0.29, 0.717) is 38.3 Å². The zero-order valence-corrected chi connectivity index (χ0v) is 12.5. The second-order valence-corrected chi connectivity index (χ2v) is 6.43. The van der Waals surface area contributed by atoms with Crippen molar-refractivity contribution in [3.63, 3.8) is 0 Å². The van der Waals surface area contributed by atoms with Crippen LogP contribution in [0.4, 0.5) is 0 Å². The van der Waals surface area contributed by atoms with Crippen LogP contribution in [0.3, 0.4) is 0 Å². The van der Waals surface area contributed by atoms with Gasteiger partial charge in [0.25, 0.3) is 5.91 Å². The standard InChI is InChI=1S/C15H25N3O3/c19-14(16-11-3-1-2-4-11)10-18-7-8-21-13(9-18)15(20)17-12-5-6-12/h11-13H,1-10H2,(H,16,19)(H,17,20). The smallest absolute Gasteiger partial charge is 0.250 e. The van der Waals surface area contributed by atoms with E-state index in [2.05, 4.69) is 10.6 Å². The maximum absolute atomic E-state index is 12.0. The molecule has 0 spiro atoms. The van der Waals surface area contributed by atoms with Crippen molar-refractivity contribution >= 4 is 11.8 Å². The molecule has 0 radical (unpaired) electrons. The van der Waals surface area contributed by atoms with Gasteiger partial charge in [0.1, 0.15) is 6.10 Å². The van der Waals surface area contributed by atoms with E-state index < -0.39 is 6.10 Å². The van der Waals surface area contributed by atoms with Crippen molar-refractivity contribution < 1.29 is 14.3 Å². The van der Waals surface area contributed by atoms with E-state index >= 15 is 0 Å². The first kappa shape index (κ1) is 14.8. The third kappa shape index (κ3) is 4.41. The number of amides is 2. The molecule has 2 aliphatic carbocycles. The normalized spacial score (nSPS) is 27.5. The molecule has 6 heteroatoms. The van der Waals surface area contributed by atoms with E-state index in [-0.39, 0.29) is 11.8 Å². The Morgan fingerprint density at radius 2 is 1.76 bits per heavy atom. The molecule has 3 rings (SSSR count). The molecule has 2 amide bonds. The highest BCUT2D eigenvalue weighted by molar-refractivity contribution is 5.82. The van der Waals surface area contributed by atoms with Gasteiger partial charge >= 0.3 is 0 Å². The highest BCUT2D eigenvalue weighted by atomic mass is 16.5. The molecule has 3 fully saturated rings. The van der Waals surface area contributed by atoms with Crippen molar-refractivity contribution in [2.75, 3.05) is 26.2 Å². The van der Waals surface area contributed by atoms with Crippen LogP contribution >= 0.6 is 0 Å². The van der Waals surface area contributed by atoms with E-state index in [1.165, 1.54) is 12.8 Å². The summed E-state index contributed by atoms with van der Waals surface area (Å²) in [5, 5.41) is 6.06. The quantitative estimate of drug-likeness (QED) is 0.750. The summed E-state index contributed by atoms with van der Waals surface area (Å²) in [7, 11) is 0. The number of hydrogen-bond donors (Lipinski definition) is 2. The summed E-state index contributed by atoms with van der Waals surface area (Å²) in [6.45, 7) is 2.11. The Morgan fingerprint density at radius 1 is 1.05 bits per heavy atom. The van der Waals surface area contributed by atoms with Gasteiger partial charge < -0.3 is 15.4 Å². The first-order valence-corrected chi connectivity index (χ1v) is 8.14. The summed E-state index contributed by atoms with van der Waals surface area (Å²) in [6.07, 6.45) is 6.34. The van der Waals surface area contributed by atoms with E-state index in [9.17, 15) is 9.59 Å². The Balaban J connectivity index is 1.41. The van der Waals surface area contributed by atoms with Gasteiger partial charge in [-0.2, -0.15) is 0 Å². The van der Waals surface area contributed by atoms with Crippen LogP contribution in [-0.4, -0.2) is 61.1 Å². The van der Waals surface area contributed by atoms with Crippen molar-refractivity contribution in [3.05, 3.63) is 0 Å². The van der Waals surface area contributed by atoms with Crippen molar-refractivity contribution in [3.8, 4) is 0 Å². The minimum atomic E-state index is -0.432. The summed E-state index contributed by atoms with van der Waals surface area (Å²) in [4.78, 5) is 26.1. The second-order valence-electron chi connectivity index (χ2n) is 6.43. The van der Waals surface area contributed by atoms with Gasteiger partial charge in [-0.05, 0) is 25.7 Å². The van der Waals surface area contributed by atoms with Crippen LogP contribution in [0.2, 0.25) is 0 Å². The number of nitrogens with zero attached hydrogens (tertiary/aromatic N) is 1. The number of rotatable bonds is 5. The SMILES string of the molecule is O=C(CN1CCOC(C(=O)NC2CC2)C1)NC1CCCC1. The molecule has 2 saturated carbocycles. The van der Waals surface area contributed by atoms with Crippen LogP contribution in [0.15, 0.2) is 0 Å². The number of morpholine rings is 1. The molecule has 0 aromatic heterocycles. The number of nitrogens with one attached hydrogen (secondary N) is 2. The van der Waals surface area contributed by atoms with Crippen molar-refractivity contribution in [1.29, 1.82) is 0 Å². The zero-order chi connectivity index (χ0) is 14.7. The molecule has 1 atom stereocenters.